The Kier molecular flexibility index (Phi) is 5.17. The second-order valence-corrected chi connectivity index (χ2v) is 6.67. The van der Waals surface area contributed by atoms with Crippen LogP contribution in [0.5, 0.6) is 0 Å². The van der Waals surface area contributed by atoms with Gasteiger partial charge in [0.15, 0.2) is 0 Å². The smallest absolute Gasteiger partial charge is 0.222 e. The van der Waals surface area contributed by atoms with Gasteiger partial charge >= 0.3 is 0 Å². The predicted octanol–water partition coefficient (Wildman–Crippen LogP) is 3.82. The monoisotopic (exact) mass is 345 g/mol. The fourth-order valence-corrected chi connectivity index (χ4v) is 3.51. The maximum atomic E-state index is 4.47. The van der Waals surface area contributed by atoms with Crippen LogP contribution in [0.25, 0.3) is 0 Å². The number of hydrogen-bond acceptors (Lipinski definition) is 5. The predicted molar refractivity (Wildman–Crippen MR) is 102 cm³/mol. The lowest BCUT2D eigenvalue weighted by Crippen LogP contribution is -2.23. The molecule has 1 N–H and O–H groups in total. The molecule has 0 saturated carbocycles. The second-order valence-electron chi connectivity index (χ2n) is 6.67. The van der Waals surface area contributed by atoms with Crippen molar-refractivity contribution in [2.24, 2.45) is 0 Å². The summed E-state index contributed by atoms with van der Waals surface area (Å²) < 4.78 is 0. The minimum atomic E-state index is 0.444. The van der Waals surface area contributed by atoms with E-state index in [0.29, 0.717) is 12.0 Å². The summed E-state index contributed by atoms with van der Waals surface area (Å²) in [4.78, 5) is 15.7. The molecule has 0 bridgehead atoms. The maximum Gasteiger partial charge on any atom is 0.222 e. The maximum absolute atomic E-state index is 4.47. The van der Waals surface area contributed by atoms with Gasteiger partial charge in [0.25, 0.3) is 0 Å². The Morgan fingerprint density at radius 2 is 1.81 bits per heavy atom. The molecule has 0 aliphatic carbocycles. The molecule has 1 unspecified atom stereocenters. The van der Waals surface area contributed by atoms with Crippen LogP contribution in [0.15, 0.2) is 67.3 Å². The molecule has 132 valence electrons. The molecule has 1 atom stereocenters. The minimum Gasteiger partial charge on any atom is -0.350 e. The van der Waals surface area contributed by atoms with Crippen LogP contribution in [-0.4, -0.2) is 26.4 Å². The van der Waals surface area contributed by atoms with Crippen LogP contribution in [0.4, 0.5) is 5.95 Å². The van der Waals surface area contributed by atoms with Gasteiger partial charge in [-0.1, -0.05) is 36.4 Å². The van der Waals surface area contributed by atoms with Gasteiger partial charge in [-0.25, -0.2) is 9.97 Å². The molecule has 1 aliphatic rings. The van der Waals surface area contributed by atoms with E-state index in [0.717, 1.165) is 25.2 Å². The Bertz CT molecular complexity index is 805. The van der Waals surface area contributed by atoms with Crippen molar-refractivity contribution in [2.75, 3.05) is 11.9 Å². The van der Waals surface area contributed by atoms with E-state index in [2.05, 4.69) is 43.4 Å². The summed E-state index contributed by atoms with van der Waals surface area (Å²) in [5.41, 5.74) is 3.66. The fraction of sp³-hybridized carbons (Fsp3) is 0.286. The summed E-state index contributed by atoms with van der Waals surface area (Å²) in [6.45, 7) is 2.71. The van der Waals surface area contributed by atoms with Crippen molar-refractivity contribution in [3.05, 3.63) is 83.9 Å². The number of nitrogens with one attached hydrogen (secondary N) is 1. The third-order valence-corrected chi connectivity index (χ3v) is 4.82. The van der Waals surface area contributed by atoms with Crippen LogP contribution in [0.3, 0.4) is 0 Å². The topological polar surface area (TPSA) is 53.9 Å². The first-order valence-electron chi connectivity index (χ1n) is 9.11. The van der Waals surface area contributed by atoms with Gasteiger partial charge in [0, 0.05) is 49.5 Å². The van der Waals surface area contributed by atoms with Crippen LogP contribution in [-0.2, 0) is 13.1 Å². The van der Waals surface area contributed by atoms with Gasteiger partial charge in [0.05, 0.1) is 0 Å². The summed E-state index contributed by atoms with van der Waals surface area (Å²) in [6, 6.07) is 14.9. The molecular weight excluding hydrogens is 322 g/mol. The summed E-state index contributed by atoms with van der Waals surface area (Å²) in [5, 5.41) is 3.27. The van der Waals surface area contributed by atoms with E-state index in [-0.39, 0.29) is 0 Å². The number of likely N-dealkylation sites (tertiary alicyclic amines) is 1. The highest BCUT2D eigenvalue weighted by Gasteiger charge is 2.26. The lowest BCUT2D eigenvalue weighted by atomic mass is 10.1. The number of pyridine rings is 1. The molecule has 5 nitrogen and oxygen atoms in total. The van der Waals surface area contributed by atoms with E-state index >= 15 is 0 Å². The van der Waals surface area contributed by atoms with Crippen molar-refractivity contribution in [3.8, 4) is 0 Å². The molecular formula is C21H23N5. The van der Waals surface area contributed by atoms with Gasteiger partial charge in [0.1, 0.15) is 0 Å². The Morgan fingerprint density at radius 3 is 2.58 bits per heavy atom. The third-order valence-electron chi connectivity index (χ3n) is 4.82. The lowest BCUT2D eigenvalue weighted by Gasteiger charge is -2.24. The van der Waals surface area contributed by atoms with Gasteiger partial charge in [0.2, 0.25) is 5.95 Å². The van der Waals surface area contributed by atoms with Crippen molar-refractivity contribution in [1.82, 2.24) is 19.9 Å². The van der Waals surface area contributed by atoms with E-state index in [1.54, 1.807) is 0 Å². The standard InChI is InChI=1S/C21H23N5/c1-2-6-17(7-3-1)12-23-21-24-13-18(14-25-21)16-26-11-5-9-20(26)19-8-4-10-22-15-19/h1-4,6-8,10,13-15,20H,5,9,11-12,16H2,(H,23,24,25). The second kappa shape index (κ2) is 8.06. The van der Waals surface area contributed by atoms with Crippen molar-refractivity contribution in [3.63, 3.8) is 0 Å². The molecule has 1 saturated heterocycles. The number of aromatic nitrogens is 3. The van der Waals surface area contributed by atoms with Gasteiger partial charge in [-0.15, -0.1) is 0 Å². The van der Waals surface area contributed by atoms with Crippen molar-refractivity contribution >= 4 is 5.95 Å². The number of rotatable bonds is 6. The zero-order valence-corrected chi connectivity index (χ0v) is 14.8. The molecule has 5 heteroatoms. The molecule has 0 amide bonds. The SMILES string of the molecule is c1ccc(CNc2ncc(CN3CCCC3c3cccnc3)cn2)cc1. The quantitative estimate of drug-likeness (QED) is 0.736. The van der Waals surface area contributed by atoms with Gasteiger partial charge in [-0.2, -0.15) is 0 Å². The van der Waals surface area contributed by atoms with E-state index in [1.165, 1.54) is 24.0 Å². The molecule has 3 aromatic rings. The molecule has 0 radical (unpaired) electrons. The first kappa shape index (κ1) is 16.7. The van der Waals surface area contributed by atoms with E-state index in [4.69, 9.17) is 0 Å². The van der Waals surface area contributed by atoms with Gasteiger partial charge in [-0.05, 0) is 36.6 Å². The summed E-state index contributed by atoms with van der Waals surface area (Å²) in [6.07, 6.45) is 10.1. The average Bonchev–Trinajstić information content (AvgIpc) is 3.17. The number of anilines is 1. The van der Waals surface area contributed by atoms with Crippen LogP contribution in [0.1, 0.15) is 35.6 Å². The highest BCUT2D eigenvalue weighted by Crippen LogP contribution is 2.32. The molecule has 2 aromatic heterocycles. The van der Waals surface area contributed by atoms with E-state index in [9.17, 15) is 0 Å². The minimum absolute atomic E-state index is 0.444. The van der Waals surface area contributed by atoms with Crippen molar-refractivity contribution in [2.45, 2.75) is 32.0 Å². The van der Waals surface area contributed by atoms with Gasteiger partial charge < -0.3 is 5.32 Å². The average molecular weight is 345 g/mol. The molecule has 26 heavy (non-hydrogen) atoms. The lowest BCUT2D eigenvalue weighted by molar-refractivity contribution is 0.247. The Labute approximate surface area is 154 Å². The highest BCUT2D eigenvalue weighted by atomic mass is 15.2. The van der Waals surface area contributed by atoms with Crippen LogP contribution >= 0.6 is 0 Å². The molecule has 0 spiro atoms. The van der Waals surface area contributed by atoms with Crippen molar-refractivity contribution in [1.29, 1.82) is 0 Å². The van der Waals surface area contributed by atoms with Crippen LogP contribution < -0.4 is 5.32 Å². The largest absolute Gasteiger partial charge is 0.350 e. The molecule has 1 aliphatic heterocycles. The van der Waals surface area contributed by atoms with E-state index < -0.39 is 0 Å². The summed E-state index contributed by atoms with van der Waals surface area (Å²) in [7, 11) is 0. The third kappa shape index (κ3) is 4.06. The zero-order valence-electron chi connectivity index (χ0n) is 14.8. The molecule has 3 heterocycles. The molecule has 4 rings (SSSR count). The molecule has 1 aromatic carbocycles. The highest BCUT2D eigenvalue weighted by molar-refractivity contribution is 5.28. The van der Waals surface area contributed by atoms with Crippen LogP contribution in [0, 0.1) is 0 Å². The number of benzene rings is 1. The Hall–Kier alpha value is -2.79. The Morgan fingerprint density at radius 1 is 0.962 bits per heavy atom. The first-order chi connectivity index (χ1) is 12.9. The summed E-state index contributed by atoms with van der Waals surface area (Å²) >= 11 is 0. The molecule has 1 fully saturated rings. The summed E-state index contributed by atoms with van der Waals surface area (Å²) in [5.74, 6) is 0.669. The van der Waals surface area contributed by atoms with Crippen molar-refractivity contribution < 1.29 is 0 Å². The van der Waals surface area contributed by atoms with Crippen LogP contribution in [0.2, 0.25) is 0 Å². The zero-order chi connectivity index (χ0) is 17.6. The number of hydrogen-bond donors (Lipinski definition) is 1. The Balaban J connectivity index is 1.36. The normalized spacial score (nSPS) is 17.3. The van der Waals surface area contributed by atoms with Gasteiger partial charge in [-0.3, -0.25) is 9.88 Å². The van der Waals surface area contributed by atoms with E-state index in [1.807, 2.05) is 49.1 Å². The fourth-order valence-electron chi connectivity index (χ4n) is 3.51. The first-order valence-corrected chi connectivity index (χ1v) is 9.11. The number of nitrogens with zero attached hydrogens (tertiary/aromatic N) is 4.